The van der Waals surface area contributed by atoms with Gasteiger partial charge in [0, 0.05) is 30.5 Å². The summed E-state index contributed by atoms with van der Waals surface area (Å²) in [5.74, 6) is 0.561. The zero-order chi connectivity index (χ0) is 21.5. The van der Waals surface area contributed by atoms with Crippen molar-refractivity contribution in [3.63, 3.8) is 0 Å². The lowest BCUT2D eigenvalue weighted by Gasteiger charge is -2.17. The lowest BCUT2D eigenvalue weighted by atomic mass is 10.1. The number of hydrogen-bond acceptors (Lipinski definition) is 4. The second-order valence-electron chi connectivity index (χ2n) is 7.09. The molecule has 1 N–H and O–H groups in total. The fourth-order valence-electron chi connectivity index (χ4n) is 3.01. The smallest absolute Gasteiger partial charge is 0.255 e. The first-order valence-electron chi connectivity index (χ1n) is 9.85. The van der Waals surface area contributed by atoms with Crippen molar-refractivity contribution >= 4 is 17.3 Å². The number of nitriles is 1. The van der Waals surface area contributed by atoms with E-state index in [0.29, 0.717) is 23.5 Å². The molecule has 0 saturated carbocycles. The Balaban J connectivity index is 1.63. The molecule has 0 aliphatic carbocycles. The Kier molecular flexibility index (Phi) is 6.71. The maximum Gasteiger partial charge on any atom is 0.255 e. The number of carbonyl (C=O) groups excluding carboxylic acids is 1. The molecule has 0 bridgehead atoms. The predicted octanol–water partition coefficient (Wildman–Crippen LogP) is 5.15. The first kappa shape index (κ1) is 20.9. The van der Waals surface area contributed by atoms with E-state index in [1.807, 2.05) is 74.6 Å². The molecule has 1 amide bonds. The van der Waals surface area contributed by atoms with Crippen molar-refractivity contribution in [1.29, 1.82) is 5.26 Å². The fraction of sp³-hybridized carbons (Fsp3) is 0.200. The molecule has 0 spiro atoms. The van der Waals surface area contributed by atoms with E-state index in [0.717, 1.165) is 29.0 Å². The van der Waals surface area contributed by atoms with Crippen LogP contribution in [0.3, 0.4) is 0 Å². The minimum absolute atomic E-state index is 0.147. The summed E-state index contributed by atoms with van der Waals surface area (Å²) in [5.41, 5.74) is 4.89. The van der Waals surface area contributed by atoms with E-state index in [9.17, 15) is 4.79 Å². The Bertz CT molecular complexity index is 1070. The van der Waals surface area contributed by atoms with Gasteiger partial charge in [0.05, 0.1) is 11.6 Å². The number of nitrogens with one attached hydrogen (secondary N) is 1. The molecular formula is C25H25N3O2. The second-order valence-corrected chi connectivity index (χ2v) is 7.09. The quantitative estimate of drug-likeness (QED) is 0.596. The normalized spacial score (nSPS) is 10.2. The van der Waals surface area contributed by atoms with E-state index in [1.54, 1.807) is 6.07 Å². The van der Waals surface area contributed by atoms with Crippen molar-refractivity contribution in [2.45, 2.75) is 20.5 Å². The highest BCUT2D eigenvalue weighted by Crippen LogP contribution is 2.23. The Morgan fingerprint density at radius 2 is 1.87 bits per heavy atom. The number of aryl methyl sites for hydroxylation is 1. The van der Waals surface area contributed by atoms with E-state index in [-0.39, 0.29) is 5.91 Å². The van der Waals surface area contributed by atoms with Crippen LogP contribution in [0.15, 0.2) is 66.7 Å². The van der Waals surface area contributed by atoms with Crippen LogP contribution in [0.5, 0.6) is 5.75 Å². The number of ether oxygens (including phenoxy) is 1. The van der Waals surface area contributed by atoms with Crippen molar-refractivity contribution in [3.8, 4) is 11.8 Å². The zero-order valence-corrected chi connectivity index (χ0v) is 17.5. The summed E-state index contributed by atoms with van der Waals surface area (Å²) in [6.45, 7) is 5.29. The van der Waals surface area contributed by atoms with Crippen LogP contribution in [-0.2, 0) is 6.61 Å². The van der Waals surface area contributed by atoms with E-state index < -0.39 is 0 Å². The third kappa shape index (κ3) is 5.18. The van der Waals surface area contributed by atoms with Gasteiger partial charge in [-0.2, -0.15) is 5.26 Å². The van der Waals surface area contributed by atoms with Crippen LogP contribution in [0.25, 0.3) is 0 Å². The van der Waals surface area contributed by atoms with Gasteiger partial charge < -0.3 is 15.0 Å². The molecule has 0 unspecified atom stereocenters. The zero-order valence-electron chi connectivity index (χ0n) is 17.5. The highest BCUT2D eigenvalue weighted by molar-refractivity contribution is 6.04. The second kappa shape index (κ2) is 9.62. The summed E-state index contributed by atoms with van der Waals surface area (Å²) in [6, 6.07) is 22.6. The molecule has 3 aromatic carbocycles. The molecule has 5 nitrogen and oxygen atoms in total. The van der Waals surface area contributed by atoms with Crippen molar-refractivity contribution in [3.05, 3.63) is 89.0 Å². The Morgan fingerprint density at radius 1 is 1.10 bits per heavy atom. The van der Waals surface area contributed by atoms with Crippen molar-refractivity contribution in [1.82, 2.24) is 0 Å². The van der Waals surface area contributed by atoms with Gasteiger partial charge >= 0.3 is 0 Å². The number of anilines is 2. The van der Waals surface area contributed by atoms with Crippen molar-refractivity contribution < 1.29 is 9.53 Å². The maximum absolute atomic E-state index is 12.6. The number of hydrogen-bond donors (Lipinski definition) is 1. The van der Waals surface area contributed by atoms with E-state index in [2.05, 4.69) is 23.2 Å². The van der Waals surface area contributed by atoms with Crippen LogP contribution in [0.2, 0.25) is 0 Å². The first-order valence-corrected chi connectivity index (χ1v) is 9.85. The van der Waals surface area contributed by atoms with E-state index >= 15 is 0 Å². The number of rotatable bonds is 7. The minimum Gasteiger partial charge on any atom is -0.489 e. The first-order chi connectivity index (χ1) is 14.5. The summed E-state index contributed by atoms with van der Waals surface area (Å²) >= 11 is 0. The molecule has 0 heterocycles. The van der Waals surface area contributed by atoms with Gasteiger partial charge in [0.15, 0.2) is 0 Å². The third-order valence-electron chi connectivity index (χ3n) is 4.95. The Hall–Kier alpha value is -3.78. The lowest BCUT2D eigenvalue weighted by Crippen LogP contribution is -2.16. The van der Waals surface area contributed by atoms with Crippen LogP contribution in [0.4, 0.5) is 11.4 Å². The molecular weight excluding hydrogens is 374 g/mol. The average Bonchev–Trinajstić information content (AvgIpc) is 2.79. The number of carbonyl (C=O) groups is 1. The third-order valence-corrected chi connectivity index (χ3v) is 4.95. The molecule has 0 aliphatic heterocycles. The molecule has 0 aromatic heterocycles. The van der Waals surface area contributed by atoms with Gasteiger partial charge in [0.1, 0.15) is 12.4 Å². The molecule has 0 radical (unpaired) electrons. The molecule has 0 atom stereocenters. The topological polar surface area (TPSA) is 65.4 Å². The van der Waals surface area contributed by atoms with Gasteiger partial charge in [-0.1, -0.05) is 12.1 Å². The maximum atomic E-state index is 12.6. The fourth-order valence-corrected chi connectivity index (χ4v) is 3.01. The minimum atomic E-state index is -0.147. The molecule has 0 aliphatic rings. The SMILES string of the molecule is CCN(C)c1ccc(C(=O)Nc2ccc(OCc3cccc(C#N)c3)cc2C)cc1. The van der Waals surface area contributed by atoms with Crippen molar-refractivity contribution in [2.24, 2.45) is 0 Å². The predicted molar refractivity (Wildman–Crippen MR) is 120 cm³/mol. The molecule has 5 heteroatoms. The molecule has 3 aromatic rings. The summed E-state index contributed by atoms with van der Waals surface area (Å²) in [6.07, 6.45) is 0. The lowest BCUT2D eigenvalue weighted by molar-refractivity contribution is 0.102. The molecule has 152 valence electrons. The van der Waals surface area contributed by atoms with Crippen LogP contribution < -0.4 is 15.0 Å². The van der Waals surface area contributed by atoms with Crippen LogP contribution >= 0.6 is 0 Å². The number of benzene rings is 3. The van der Waals surface area contributed by atoms with Gasteiger partial charge in [-0.25, -0.2) is 0 Å². The average molecular weight is 399 g/mol. The summed E-state index contributed by atoms with van der Waals surface area (Å²) in [7, 11) is 2.02. The van der Waals surface area contributed by atoms with Gasteiger partial charge in [-0.15, -0.1) is 0 Å². The van der Waals surface area contributed by atoms with Crippen LogP contribution in [0.1, 0.15) is 34.0 Å². The molecule has 30 heavy (non-hydrogen) atoms. The van der Waals surface area contributed by atoms with Gasteiger partial charge in [-0.05, 0) is 79.6 Å². The number of amides is 1. The summed E-state index contributed by atoms with van der Waals surface area (Å²) in [4.78, 5) is 14.7. The van der Waals surface area contributed by atoms with E-state index in [4.69, 9.17) is 10.00 Å². The van der Waals surface area contributed by atoms with Gasteiger partial charge in [0.25, 0.3) is 5.91 Å². The summed E-state index contributed by atoms with van der Waals surface area (Å²) in [5, 5.41) is 12.0. The highest BCUT2D eigenvalue weighted by Gasteiger charge is 2.09. The molecule has 3 rings (SSSR count). The van der Waals surface area contributed by atoms with Gasteiger partial charge in [0.2, 0.25) is 0 Å². The highest BCUT2D eigenvalue weighted by atomic mass is 16.5. The number of nitrogens with zero attached hydrogens (tertiary/aromatic N) is 2. The Morgan fingerprint density at radius 3 is 2.53 bits per heavy atom. The van der Waals surface area contributed by atoms with Crippen molar-refractivity contribution in [2.75, 3.05) is 23.8 Å². The Labute approximate surface area is 177 Å². The standard InChI is InChI=1S/C25H25N3O2/c1-4-28(3)22-10-8-21(9-11-22)25(29)27-24-13-12-23(14-18(24)2)30-17-20-7-5-6-19(15-20)16-26/h5-15H,4,17H2,1-3H3,(H,27,29). The summed E-state index contributed by atoms with van der Waals surface area (Å²) < 4.78 is 5.84. The molecule has 0 saturated heterocycles. The monoisotopic (exact) mass is 399 g/mol. The van der Waals surface area contributed by atoms with Crippen LogP contribution in [0, 0.1) is 18.3 Å². The van der Waals surface area contributed by atoms with Crippen LogP contribution in [-0.4, -0.2) is 19.5 Å². The molecule has 0 fully saturated rings. The van der Waals surface area contributed by atoms with E-state index in [1.165, 1.54) is 0 Å². The van der Waals surface area contributed by atoms with Gasteiger partial charge in [-0.3, -0.25) is 4.79 Å². The largest absolute Gasteiger partial charge is 0.489 e.